The largest absolute Gasteiger partial charge is 0.462 e. The molecular formula is C36H39F2N7O5. The summed E-state index contributed by atoms with van der Waals surface area (Å²) in [5.74, 6) is -2.61. The number of benzene rings is 1. The summed E-state index contributed by atoms with van der Waals surface area (Å²) in [6.45, 7) is 9.25. The maximum atomic E-state index is 16.2. The number of ether oxygens (including phenoxy) is 2. The van der Waals surface area contributed by atoms with E-state index in [9.17, 15) is 14.4 Å². The number of fused-ring (bicyclic) bond motifs is 5. The van der Waals surface area contributed by atoms with Gasteiger partial charge in [0.25, 0.3) is 0 Å². The van der Waals surface area contributed by atoms with Crippen LogP contribution in [-0.4, -0.2) is 88.5 Å². The molecule has 1 amide bonds. The lowest BCUT2D eigenvalue weighted by molar-refractivity contribution is 0.0522. The lowest BCUT2D eigenvalue weighted by Crippen LogP contribution is -2.35. The van der Waals surface area contributed by atoms with Crippen LogP contribution in [0.3, 0.4) is 0 Å². The minimum atomic E-state index is -1.14. The number of likely N-dealkylation sites (N-methyl/N-ethyl adjacent to an activating group) is 1. The molecule has 6 heterocycles. The van der Waals surface area contributed by atoms with Crippen molar-refractivity contribution in [3.05, 3.63) is 58.1 Å². The molecule has 5 aromatic rings. The maximum Gasteiger partial charge on any atom is 0.414 e. The van der Waals surface area contributed by atoms with Crippen molar-refractivity contribution in [2.24, 2.45) is 13.0 Å². The van der Waals surface area contributed by atoms with Gasteiger partial charge in [-0.05, 0) is 53.1 Å². The SMILES string of the molecule is CCOC(=O)c1cn(C)c2ncc(-c3cnc4[nH]c5c(N(C)C(=O)OC(C)(C)C)cc(F)c(F)c5c4c3N3CCC4CN(C)CC43)cc2c1=O. The Balaban J connectivity index is 1.51. The summed E-state index contributed by atoms with van der Waals surface area (Å²) in [5.41, 5.74) is 1.12. The number of esters is 1. The van der Waals surface area contributed by atoms with Gasteiger partial charge in [-0.3, -0.25) is 9.69 Å². The van der Waals surface area contributed by atoms with Crippen LogP contribution in [-0.2, 0) is 16.5 Å². The summed E-state index contributed by atoms with van der Waals surface area (Å²) in [6, 6.07) is 2.70. The Kier molecular flexibility index (Phi) is 8.04. The molecule has 2 aliphatic heterocycles. The normalized spacial score (nSPS) is 18.0. The number of likely N-dealkylation sites (tertiary alicyclic amines) is 1. The zero-order valence-corrected chi connectivity index (χ0v) is 29.1. The molecule has 2 unspecified atom stereocenters. The number of amides is 1. The van der Waals surface area contributed by atoms with Crippen LogP contribution >= 0.6 is 0 Å². The maximum absolute atomic E-state index is 16.2. The highest BCUT2D eigenvalue weighted by Crippen LogP contribution is 2.47. The molecule has 1 N–H and O–H groups in total. The van der Waals surface area contributed by atoms with Crippen molar-refractivity contribution in [1.82, 2.24) is 24.4 Å². The Morgan fingerprint density at radius 2 is 1.86 bits per heavy atom. The molecule has 14 heteroatoms. The molecule has 2 saturated heterocycles. The van der Waals surface area contributed by atoms with Crippen LogP contribution in [0.4, 0.5) is 25.0 Å². The Morgan fingerprint density at radius 1 is 1.10 bits per heavy atom. The standard InChI is InChI=1S/C36H39F2N7O5/c1-8-49-34(47)22-16-43(6)33-20(31(22)46)11-19(13-40-33)21-14-39-32-27(30(21)45-10-9-18-15-42(5)17-25(18)45)26-28(38)23(37)12-24(29(26)41-32)44(7)35(48)50-36(2,3)4/h11-14,16,18,25H,8-10,15,17H2,1-7H3,(H,39,41). The van der Waals surface area contributed by atoms with Crippen LogP contribution < -0.4 is 15.2 Å². The molecular weight excluding hydrogens is 648 g/mol. The molecule has 12 nitrogen and oxygen atoms in total. The van der Waals surface area contributed by atoms with Gasteiger partial charge in [0.15, 0.2) is 11.6 Å². The minimum absolute atomic E-state index is 0.0566. The number of hydrogen-bond donors (Lipinski definition) is 1. The third-order valence-corrected chi connectivity index (χ3v) is 9.61. The van der Waals surface area contributed by atoms with E-state index in [4.69, 9.17) is 14.5 Å². The van der Waals surface area contributed by atoms with Crippen LogP contribution in [0.15, 0.2) is 35.5 Å². The number of carbonyl (C=O) groups is 2. The highest BCUT2D eigenvalue weighted by atomic mass is 19.2. The second-order valence-electron chi connectivity index (χ2n) is 14.2. The number of aryl methyl sites for hydroxylation is 1. The quantitative estimate of drug-likeness (QED) is 0.235. The third kappa shape index (κ3) is 5.42. The second kappa shape index (κ2) is 12.0. The molecule has 2 aliphatic rings. The van der Waals surface area contributed by atoms with Gasteiger partial charge in [0.2, 0.25) is 5.43 Å². The van der Waals surface area contributed by atoms with E-state index in [-0.39, 0.29) is 40.2 Å². The number of H-pyrrole nitrogens is 1. The number of carbonyl (C=O) groups excluding carboxylic acids is 2. The van der Waals surface area contributed by atoms with Crippen LogP contribution in [0.1, 0.15) is 44.5 Å². The fourth-order valence-corrected chi connectivity index (χ4v) is 7.44. The van der Waals surface area contributed by atoms with Crippen molar-refractivity contribution in [1.29, 1.82) is 0 Å². The first-order valence-electron chi connectivity index (χ1n) is 16.6. The number of pyridine rings is 3. The van der Waals surface area contributed by atoms with Gasteiger partial charge in [0.05, 0.1) is 39.7 Å². The van der Waals surface area contributed by atoms with Crippen molar-refractivity contribution < 1.29 is 27.8 Å². The predicted molar refractivity (Wildman–Crippen MR) is 187 cm³/mol. The highest BCUT2D eigenvalue weighted by Gasteiger charge is 2.42. The van der Waals surface area contributed by atoms with Gasteiger partial charge in [0, 0.05) is 75.6 Å². The van der Waals surface area contributed by atoms with Gasteiger partial charge >= 0.3 is 12.1 Å². The van der Waals surface area contributed by atoms with Gasteiger partial charge < -0.3 is 28.8 Å². The molecule has 262 valence electrons. The van der Waals surface area contributed by atoms with Crippen LogP contribution in [0, 0.1) is 17.6 Å². The summed E-state index contributed by atoms with van der Waals surface area (Å²) in [6.07, 6.45) is 4.81. The summed E-state index contributed by atoms with van der Waals surface area (Å²) in [4.78, 5) is 57.6. The molecule has 7 rings (SSSR count). The monoisotopic (exact) mass is 687 g/mol. The van der Waals surface area contributed by atoms with E-state index < -0.39 is 34.7 Å². The van der Waals surface area contributed by atoms with E-state index in [0.29, 0.717) is 46.0 Å². The van der Waals surface area contributed by atoms with E-state index in [0.717, 1.165) is 30.5 Å². The molecule has 0 radical (unpaired) electrons. The zero-order chi connectivity index (χ0) is 35.8. The van der Waals surface area contributed by atoms with Crippen molar-refractivity contribution in [3.63, 3.8) is 0 Å². The molecule has 0 spiro atoms. The third-order valence-electron chi connectivity index (χ3n) is 9.61. The van der Waals surface area contributed by atoms with E-state index >= 15 is 8.78 Å². The number of nitrogens with zero attached hydrogens (tertiary/aromatic N) is 6. The molecule has 0 saturated carbocycles. The van der Waals surface area contributed by atoms with Crippen molar-refractivity contribution in [2.45, 2.75) is 45.8 Å². The second-order valence-corrected chi connectivity index (χ2v) is 14.2. The van der Waals surface area contributed by atoms with E-state index in [1.165, 1.54) is 13.2 Å². The number of hydrogen-bond acceptors (Lipinski definition) is 9. The van der Waals surface area contributed by atoms with Crippen LogP contribution in [0.5, 0.6) is 0 Å². The summed E-state index contributed by atoms with van der Waals surface area (Å²) in [5, 5.41) is 0.481. The summed E-state index contributed by atoms with van der Waals surface area (Å²) >= 11 is 0. The Morgan fingerprint density at radius 3 is 2.58 bits per heavy atom. The molecule has 0 bridgehead atoms. The number of rotatable bonds is 5. The number of aromatic nitrogens is 4. The van der Waals surface area contributed by atoms with Gasteiger partial charge in [-0.1, -0.05) is 0 Å². The summed E-state index contributed by atoms with van der Waals surface area (Å²) in [7, 11) is 5.19. The van der Waals surface area contributed by atoms with E-state index in [1.54, 1.807) is 57.8 Å². The average Bonchev–Trinajstić information content (AvgIpc) is 3.75. The van der Waals surface area contributed by atoms with Crippen molar-refractivity contribution in [3.8, 4) is 11.1 Å². The fourth-order valence-electron chi connectivity index (χ4n) is 7.44. The average molecular weight is 688 g/mol. The number of aromatic amines is 1. The first-order chi connectivity index (χ1) is 23.7. The summed E-state index contributed by atoms with van der Waals surface area (Å²) < 4.78 is 44.1. The predicted octanol–water partition coefficient (Wildman–Crippen LogP) is 5.60. The number of halogens is 2. The minimum Gasteiger partial charge on any atom is -0.462 e. The first-order valence-corrected chi connectivity index (χ1v) is 16.6. The molecule has 1 aromatic carbocycles. The smallest absolute Gasteiger partial charge is 0.414 e. The van der Waals surface area contributed by atoms with Gasteiger partial charge in [0.1, 0.15) is 22.5 Å². The molecule has 2 fully saturated rings. The number of anilines is 2. The Hall–Kier alpha value is -5.11. The van der Waals surface area contributed by atoms with Crippen molar-refractivity contribution >= 4 is 56.4 Å². The Labute approximate surface area is 286 Å². The van der Waals surface area contributed by atoms with Crippen LogP contribution in [0.25, 0.3) is 44.1 Å². The zero-order valence-electron chi connectivity index (χ0n) is 29.1. The molecule has 2 atom stereocenters. The van der Waals surface area contributed by atoms with Crippen molar-refractivity contribution in [2.75, 3.05) is 50.1 Å². The lowest BCUT2D eigenvalue weighted by Gasteiger charge is -2.29. The Bertz CT molecular complexity index is 2280. The van der Waals surface area contributed by atoms with Gasteiger partial charge in [-0.25, -0.2) is 28.3 Å². The molecule has 4 aromatic heterocycles. The topological polar surface area (TPSA) is 126 Å². The van der Waals surface area contributed by atoms with Gasteiger partial charge in [-0.2, -0.15) is 0 Å². The number of nitrogens with one attached hydrogen (secondary N) is 1. The van der Waals surface area contributed by atoms with Gasteiger partial charge in [-0.15, -0.1) is 0 Å². The fraction of sp³-hybridized carbons (Fsp3) is 0.417. The highest BCUT2D eigenvalue weighted by molar-refractivity contribution is 6.19. The molecule has 50 heavy (non-hydrogen) atoms. The lowest BCUT2D eigenvalue weighted by atomic mass is 9.99. The molecule has 0 aliphatic carbocycles. The first kappa shape index (κ1) is 33.4. The van der Waals surface area contributed by atoms with Crippen LogP contribution in [0.2, 0.25) is 0 Å². The van der Waals surface area contributed by atoms with E-state index in [2.05, 4.69) is 26.8 Å². The van der Waals surface area contributed by atoms with E-state index in [1.807, 2.05) is 0 Å².